The molecule has 0 aromatic heterocycles. The summed E-state index contributed by atoms with van der Waals surface area (Å²) >= 11 is 0. The van der Waals surface area contributed by atoms with Gasteiger partial charge in [-0.15, -0.1) is 0 Å². The van der Waals surface area contributed by atoms with Crippen molar-refractivity contribution in [2.24, 2.45) is 0 Å². The van der Waals surface area contributed by atoms with Crippen LogP contribution in [0.25, 0.3) is 0 Å². The molecular weight excluding hydrogens is 448 g/mol. The highest BCUT2D eigenvalue weighted by molar-refractivity contribution is 5.76. The van der Waals surface area contributed by atoms with Crippen molar-refractivity contribution in [3.63, 3.8) is 0 Å². The summed E-state index contributed by atoms with van der Waals surface area (Å²) in [6.45, 7) is 3.93. The van der Waals surface area contributed by atoms with Gasteiger partial charge in [0.1, 0.15) is 24.7 Å². The van der Waals surface area contributed by atoms with Crippen molar-refractivity contribution in [2.75, 3.05) is 53.7 Å². The third-order valence-electron chi connectivity index (χ3n) is 6.42. The summed E-state index contributed by atoms with van der Waals surface area (Å²) in [5, 5.41) is 3.25. The first kappa shape index (κ1) is 25.1. The van der Waals surface area contributed by atoms with Gasteiger partial charge in [0.25, 0.3) is 0 Å². The predicted octanol–water partition coefficient (Wildman–Crippen LogP) is 3.07. The zero-order valence-corrected chi connectivity index (χ0v) is 20.7. The molecule has 2 aromatic rings. The number of fused-ring (bicyclic) bond motifs is 1. The Morgan fingerprint density at radius 1 is 1.09 bits per heavy atom. The van der Waals surface area contributed by atoms with Crippen molar-refractivity contribution < 1.29 is 28.5 Å². The minimum absolute atomic E-state index is 0.0245. The van der Waals surface area contributed by atoms with Gasteiger partial charge in [-0.25, -0.2) is 0 Å². The normalized spacial score (nSPS) is 18.2. The van der Waals surface area contributed by atoms with Gasteiger partial charge < -0.3 is 29.0 Å². The van der Waals surface area contributed by atoms with E-state index in [0.717, 1.165) is 48.7 Å². The fourth-order valence-electron chi connectivity index (χ4n) is 4.69. The second kappa shape index (κ2) is 12.7. The van der Waals surface area contributed by atoms with E-state index in [2.05, 4.69) is 16.3 Å². The van der Waals surface area contributed by atoms with Crippen LogP contribution in [-0.4, -0.2) is 76.6 Å². The van der Waals surface area contributed by atoms with E-state index in [4.69, 9.17) is 23.7 Å². The summed E-state index contributed by atoms with van der Waals surface area (Å²) < 4.78 is 27.7. The van der Waals surface area contributed by atoms with Gasteiger partial charge in [0, 0.05) is 25.7 Å². The van der Waals surface area contributed by atoms with E-state index in [0.29, 0.717) is 44.6 Å². The van der Waals surface area contributed by atoms with Gasteiger partial charge in [-0.3, -0.25) is 9.69 Å². The number of hydrogen-bond donors (Lipinski definition) is 1. The molecular formula is C27H36N2O6. The molecule has 8 nitrogen and oxygen atoms in total. The van der Waals surface area contributed by atoms with Crippen LogP contribution in [0.5, 0.6) is 23.0 Å². The number of rotatable bonds is 12. The molecule has 2 atom stereocenters. The lowest BCUT2D eigenvalue weighted by molar-refractivity contribution is -0.122. The quantitative estimate of drug-likeness (QED) is 0.496. The fraction of sp³-hybridized carbons (Fsp3) is 0.519. The maximum atomic E-state index is 12.8. The number of hydrogen-bond acceptors (Lipinski definition) is 7. The molecule has 2 aromatic carbocycles. The van der Waals surface area contributed by atoms with Gasteiger partial charge in [-0.1, -0.05) is 6.07 Å². The molecule has 0 saturated carbocycles. The minimum atomic E-state index is -0.0384. The van der Waals surface area contributed by atoms with E-state index in [1.807, 2.05) is 36.4 Å². The third-order valence-corrected chi connectivity index (χ3v) is 6.42. The van der Waals surface area contributed by atoms with Crippen molar-refractivity contribution >= 4 is 5.91 Å². The maximum Gasteiger partial charge on any atom is 0.223 e. The maximum absolute atomic E-state index is 12.8. The monoisotopic (exact) mass is 484 g/mol. The Kier molecular flexibility index (Phi) is 9.08. The topological polar surface area (TPSA) is 78.5 Å². The summed E-state index contributed by atoms with van der Waals surface area (Å²) in [7, 11) is 3.37. The average molecular weight is 485 g/mol. The van der Waals surface area contributed by atoms with Crippen molar-refractivity contribution in [2.45, 2.75) is 37.8 Å². The van der Waals surface area contributed by atoms with Crippen LogP contribution in [-0.2, 0) is 16.0 Å². The molecule has 0 unspecified atom stereocenters. The molecule has 8 heteroatoms. The van der Waals surface area contributed by atoms with Crippen LogP contribution in [0.4, 0.5) is 0 Å². The predicted molar refractivity (Wildman–Crippen MR) is 133 cm³/mol. The number of amides is 1. The average Bonchev–Trinajstić information content (AvgIpc) is 3.31. The van der Waals surface area contributed by atoms with Crippen molar-refractivity contribution in [1.82, 2.24) is 10.2 Å². The van der Waals surface area contributed by atoms with E-state index >= 15 is 0 Å². The number of likely N-dealkylation sites (tertiary alicyclic amines) is 1. The molecule has 4 rings (SSSR count). The molecule has 190 valence electrons. The molecule has 2 aliphatic rings. The number of nitrogens with one attached hydrogen (secondary N) is 1. The summed E-state index contributed by atoms with van der Waals surface area (Å²) in [5.74, 6) is 3.00. The van der Waals surface area contributed by atoms with Gasteiger partial charge in [0.05, 0.1) is 26.7 Å². The van der Waals surface area contributed by atoms with E-state index in [1.54, 1.807) is 14.2 Å². The van der Waals surface area contributed by atoms with Crippen LogP contribution in [0, 0.1) is 0 Å². The first-order chi connectivity index (χ1) is 17.1. The van der Waals surface area contributed by atoms with Gasteiger partial charge in [0.2, 0.25) is 5.91 Å². The molecule has 1 fully saturated rings. The molecule has 0 bridgehead atoms. The third kappa shape index (κ3) is 7.26. The Balaban J connectivity index is 1.36. The summed E-state index contributed by atoms with van der Waals surface area (Å²) in [6.07, 6.45) is 3.26. The van der Waals surface area contributed by atoms with Crippen LogP contribution >= 0.6 is 0 Å². The first-order valence-corrected chi connectivity index (χ1v) is 12.3. The molecule has 0 radical (unpaired) electrons. The van der Waals surface area contributed by atoms with Crippen molar-refractivity contribution in [1.29, 1.82) is 0 Å². The lowest BCUT2D eigenvalue weighted by atomic mass is 10.0. The number of nitrogens with zero attached hydrogens (tertiary/aromatic N) is 1. The molecule has 1 saturated heterocycles. The number of carbonyl (C=O) groups is 1. The summed E-state index contributed by atoms with van der Waals surface area (Å²) in [5.41, 5.74) is 1.11. The van der Waals surface area contributed by atoms with Gasteiger partial charge in [-0.2, -0.15) is 0 Å². The standard InChI is InChI=1S/C27H36N2O6/c1-31-19-22-4-3-12-29(22)18-21(16-20-5-10-25-26(17-20)35-15-14-34-25)28-27(30)11-13-33-24-8-6-23(32-2)7-9-24/h5-10,17,21-22H,3-4,11-16,18-19H2,1-2H3,(H,28,30)/t21-,22+/m0/s1. The van der Waals surface area contributed by atoms with Crippen LogP contribution in [0.3, 0.4) is 0 Å². The summed E-state index contributed by atoms with van der Waals surface area (Å²) in [6, 6.07) is 13.7. The van der Waals surface area contributed by atoms with Crippen LogP contribution in [0.15, 0.2) is 42.5 Å². The molecule has 2 aliphatic heterocycles. The van der Waals surface area contributed by atoms with Crippen molar-refractivity contribution in [3.05, 3.63) is 48.0 Å². The Hall–Kier alpha value is -2.97. The highest BCUT2D eigenvalue weighted by Crippen LogP contribution is 2.31. The Morgan fingerprint density at radius 2 is 1.86 bits per heavy atom. The smallest absolute Gasteiger partial charge is 0.223 e. The minimum Gasteiger partial charge on any atom is -0.497 e. The zero-order valence-electron chi connectivity index (χ0n) is 20.7. The summed E-state index contributed by atoms with van der Waals surface area (Å²) in [4.78, 5) is 15.3. The van der Waals surface area contributed by atoms with Gasteiger partial charge in [-0.05, 0) is 67.8 Å². The molecule has 2 heterocycles. The largest absolute Gasteiger partial charge is 0.497 e. The second-order valence-electron chi connectivity index (χ2n) is 8.97. The zero-order chi connectivity index (χ0) is 24.5. The van der Waals surface area contributed by atoms with Crippen LogP contribution in [0.2, 0.25) is 0 Å². The molecule has 35 heavy (non-hydrogen) atoms. The van der Waals surface area contributed by atoms with Gasteiger partial charge >= 0.3 is 0 Å². The molecule has 1 N–H and O–H groups in total. The van der Waals surface area contributed by atoms with E-state index in [9.17, 15) is 4.79 Å². The Labute approximate surface area is 207 Å². The first-order valence-electron chi connectivity index (χ1n) is 12.3. The van der Waals surface area contributed by atoms with Crippen LogP contribution < -0.4 is 24.3 Å². The number of methoxy groups -OCH3 is 2. The van der Waals surface area contributed by atoms with E-state index < -0.39 is 0 Å². The van der Waals surface area contributed by atoms with Gasteiger partial charge in [0.15, 0.2) is 11.5 Å². The number of benzene rings is 2. The Bertz CT molecular complexity index is 951. The molecule has 1 amide bonds. The highest BCUT2D eigenvalue weighted by atomic mass is 16.6. The lowest BCUT2D eigenvalue weighted by Crippen LogP contribution is -2.47. The molecule has 0 spiro atoms. The fourth-order valence-corrected chi connectivity index (χ4v) is 4.69. The van der Waals surface area contributed by atoms with Crippen LogP contribution in [0.1, 0.15) is 24.8 Å². The second-order valence-corrected chi connectivity index (χ2v) is 8.97. The SMILES string of the molecule is COC[C@H]1CCCN1C[C@H](Cc1ccc2c(c1)OCCO2)NC(=O)CCOc1ccc(OC)cc1. The highest BCUT2D eigenvalue weighted by Gasteiger charge is 2.27. The number of carbonyl (C=O) groups excluding carboxylic acids is 1. The van der Waals surface area contributed by atoms with E-state index in [1.165, 1.54) is 0 Å². The number of ether oxygens (including phenoxy) is 5. The lowest BCUT2D eigenvalue weighted by Gasteiger charge is -2.29. The van der Waals surface area contributed by atoms with E-state index in [-0.39, 0.29) is 18.4 Å². The van der Waals surface area contributed by atoms with Crippen molar-refractivity contribution in [3.8, 4) is 23.0 Å². The Morgan fingerprint density at radius 3 is 2.63 bits per heavy atom. The molecule has 0 aliphatic carbocycles.